The van der Waals surface area contributed by atoms with Crippen molar-refractivity contribution >= 4 is 32.4 Å². The Bertz CT molecular complexity index is 675. The van der Waals surface area contributed by atoms with E-state index in [1.54, 1.807) is 17.6 Å². The van der Waals surface area contributed by atoms with Crippen molar-refractivity contribution in [2.24, 2.45) is 0 Å². The molecule has 0 saturated heterocycles. The van der Waals surface area contributed by atoms with E-state index in [1.807, 2.05) is 13.8 Å². The molecule has 2 aromatic heterocycles. The molecule has 0 aliphatic carbocycles. The van der Waals surface area contributed by atoms with Crippen molar-refractivity contribution in [3.63, 3.8) is 0 Å². The van der Waals surface area contributed by atoms with Crippen LogP contribution in [-0.2, 0) is 17.3 Å². The van der Waals surface area contributed by atoms with Crippen LogP contribution in [0.15, 0.2) is 4.79 Å². The van der Waals surface area contributed by atoms with Gasteiger partial charge in [0, 0.05) is 34.2 Å². The third-order valence-corrected chi connectivity index (χ3v) is 4.83. The third-order valence-electron chi connectivity index (χ3n) is 2.95. The molecular formula is C12H17N3O2S2. The average molecular weight is 299 g/mol. The lowest BCUT2D eigenvalue weighted by molar-refractivity contribution is 0.668. The van der Waals surface area contributed by atoms with Crippen LogP contribution in [0.2, 0.25) is 0 Å². The van der Waals surface area contributed by atoms with Gasteiger partial charge in [-0.1, -0.05) is 0 Å². The van der Waals surface area contributed by atoms with Crippen LogP contribution in [0.5, 0.6) is 0 Å². The zero-order valence-corrected chi connectivity index (χ0v) is 12.8. The average Bonchev–Trinajstić information content (AvgIpc) is 2.61. The van der Waals surface area contributed by atoms with Crippen LogP contribution in [0.25, 0.3) is 10.2 Å². The van der Waals surface area contributed by atoms with Gasteiger partial charge in [0.1, 0.15) is 10.7 Å². The highest BCUT2D eigenvalue weighted by Crippen LogP contribution is 2.25. The summed E-state index contributed by atoms with van der Waals surface area (Å²) in [5.41, 5.74) is 0.928. The molecule has 1 atom stereocenters. The molecule has 19 heavy (non-hydrogen) atoms. The molecule has 1 unspecified atom stereocenters. The predicted molar refractivity (Wildman–Crippen MR) is 80.4 cm³/mol. The van der Waals surface area contributed by atoms with Gasteiger partial charge < -0.3 is 10.3 Å². The fourth-order valence-corrected chi connectivity index (χ4v) is 3.29. The van der Waals surface area contributed by atoms with Crippen molar-refractivity contribution in [3.8, 4) is 0 Å². The van der Waals surface area contributed by atoms with Gasteiger partial charge >= 0.3 is 0 Å². The highest BCUT2D eigenvalue weighted by molar-refractivity contribution is 7.84. The number of aryl methyl sites for hydroxylation is 2. The summed E-state index contributed by atoms with van der Waals surface area (Å²) in [6, 6.07) is 0. The maximum atomic E-state index is 12.0. The van der Waals surface area contributed by atoms with Crippen molar-refractivity contribution in [2.45, 2.75) is 20.4 Å². The molecule has 0 aromatic carbocycles. The number of rotatable bonds is 5. The number of aromatic amines is 1. The molecular weight excluding hydrogens is 282 g/mol. The van der Waals surface area contributed by atoms with Crippen LogP contribution in [0.1, 0.15) is 16.3 Å². The molecule has 2 rings (SSSR count). The lowest BCUT2D eigenvalue weighted by Crippen LogP contribution is -2.23. The summed E-state index contributed by atoms with van der Waals surface area (Å²) in [6.07, 6.45) is 1.67. The fraction of sp³-hybridized carbons (Fsp3) is 0.500. The molecule has 0 aliphatic heterocycles. The molecule has 0 fully saturated rings. The number of H-pyrrole nitrogens is 1. The van der Waals surface area contributed by atoms with Crippen LogP contribution in [0, 0.1) is 13.8 Å². The lowest BCUT2D eigenvalue weighted by Gasteiger charge is -2.03. The number of nitrogens with zero attached hydrogens (tertiary/aromatic N) is 1. The Labute approximate surface area is 117 Å². The van der Waals surface area contributed by atoms with Gasteiger partial charge in [0.15, 0.2) is 0 Å². The maximum absolute atomic E-state index is 12.0. The molecule has 0 spiro atoms. The van der Waals surface area contributed by atoms with E-state index < -0.39 is 10.8 Å². The summed E-state index contributed by atoms with van der Waals surface area (Å²) in [6.45, 7) is 5.07. The van der Waals surface area contributed by atoms with Gasteiger partial charge in [-0.15, -0.1) is 11.3 Å². The van der Waals surface area contributed by atoms with E-state index in [0.29, 0.717) is 30.1 Å². The summed E-state index contributed by atoms with van der Waals surface area (Å²) in [7, 11) is -0.803. The number of nitrogens with one attached hydrogen (secondary N) is 2. The van der Waals surface area contributed by atoms with Crippen LogP contribution in [0.3, 0.4) is 0 Å². The molecule has 0 aliphatic rings. The SMILES string of the molecule is Cc1sc2nc(CNCCS(C)=O)[nH]c(=O)c2c1C. The first kappa shape index (κ1) is 14.4. The molecule has 5 nitrogen and oxygen atoms in total. The van der Waals surface area contributed by atoms with Crippen LogP contribution < -0.4 is 10.9 Å². The van der Waals surface area contributed by atoms with Crippen molar-refractivity contribution in [1.29, 1.82) is 0 Å². The standard InChI is InChI=1S/C12H17N3O2S2/c1-7-8(2)18-12-10(7)11(16)14-9(15-12)6-13-4-5-19(3)17/h13H,4-6H2,1-3H3,(H,14,15,16). The zero-order chi connectivity index (χ0) is 14.0. The minimum absolute atomic E-state index is 0.0808. The molecule has 2 N–H and O–H groups in total. The Morgan fingerprint density at radius 1 is 1.42 bits per heavy atom. The molecule has 0 saturated carbocycles. The summed E-state index contributed by atoms with van der Waals surface area (Å²) < 4.78 is 10.9. The van der Waals surface area contributed by atoms with Crippen molar-refractivity contribution < 1.29 is 4.21 Å². The monoisotopic (exact) mass is 299 g/mol. The Balaban J connectivity index is 2.17. The number of fused-ring (bicyclic) bond motifs is 1. The minimum atomic E-state index is -0.803. The quantitative estimate of drug-likeness (QED) is 0.810. The second-order valence-electron chi connectivity index (χ2n) is 4.43. The fourth-order valence-electron chi connectivity index (χ4n) is 1.81. The van der Waals surface area contributed by atoms with E-state index in [1.165, 1.54) is 0 Å². The maximum Gasteiger partial charge on any atom is 0.259 e. The van der Waals surface area contributed by atoms with Gasteiger partial charge in [-0.3, -0.25) is 9.00 Å². The highest BCUT2D eigenvalue weighted by Gasteiger charge is 2.11. The zero-order valence-electron chi connectivity index (χ0n) is 11.2. The number of thiophene rings is 1. The van der Waals surface area contributed by atoms with E-state index in [0.717, 1.165) is 15.3 Å². The van der Waals surface area contributed by atoms with Crippen LogP contribution in [0.4, 0.5) is 0 Å². The molecule has 0 bridgehead atoms. The Kier molecular flexibility index (Phi) is 4.49. The highest BCUT2D eigenvalue weighted by atomic mass is 32.2. The summed E-state index contributed by atoms with van der Waals surface area (Å²) in [5.74, 6) is 1.23. The van der Waals surface area contributed by atoms with Crippen molar-refractivity contribution in [2.75, 3.05) is 18.6 Å². The summed E-state index contributed by atoms with van der Waals surface area (Å²) in [5, 5.41) is 3.82. The molecule has 0 amide bonds. The number of aromatic nitrogens is 2. The van der Waals surface area contributed by atoms with E-state index in [-0.39, 0.29) is 5.56 Å². The van der Waals surface area contributed by atoms with Crippen molar-refractivity contribution in [3.05, 3.63) is 26.6 Å². The van der Waals surface area contributed by atoms with Crippen molar-refractivity contribution in [1.82, 2.24) is 15.3 Å². The molecule has 7 heteroatoms. The number of hydrogen-bond donors (Lipinski definition) is 2. The Hall–Kier alpha value is -1.05. The first-order valence-corrected chi connectivity index (χ1v) is 8.53. The number of hydrogen-bond acceptors (Lipinski definition) is 5. The van der Waals surface area contributed by atoms with E-state index in [9.17, 15) is 9.00 Å². The van der Waals surface area contributed by atoms with Gasteiger partial charge in [-0.05, 0) is 19.4 Å². The predicted octanol–water partition coefficient (Wildman–Crippen LogP) is 1.07. The summed E-state index contributed by atoms with van der Waals surface area (Å²) in [4.78, 5) is 21.2. The van der Waals surface area contributed by atoms with Gasteiger partial charge in [-0.2, -0.15) is 0 Å². The molecule has 2 aromatic rings. The molecule has 104 valence electrons. The third kappa shape index (κ3) is 3.29. The molecule has 0 radical (unpaired) electrons. The second kappa shape index (κ2) is 5.94. The van der Waals surface area contributed by atoms with Gasteiger partial charge in [-0.25, -0.2) is 4.98 Å². The van der Waals surface area contributed by atoms with E-state index >= 15 is 0 Å². The van der Waals surface area contributed by atoms with Gasteiger partial charge in [0.25, 0.3) is 5.56 Å². The first-order valence-electron chi connectivity index (χ1n) is 5.98. The first-order chi connectivity index (χ1) is 8.99. The van der Waals surface area contributed by atoms with Crippen LogP contribution in [-0.4, -0.2) is 32.7 Å². The van der Waals surface area contributed by atoms with Gasteiger partial charge in [0.05, 0.1) is 11.9 Å². The molecule has 2 heterocycles. The normalized spacial score (nSPS) is 13.0. The van der Waals surface area contributed by atoms with E-state index in [4.69, 9.17) is 0 Å². The largest absolute Gasteiger partial charge is 0.309 e. The lowest BCUT2D eigenvalue weighted by atomic mass is 10.2. The Morgan fingerprint density at radius 2 is 2.16 bits per heavy atom. The van der Waals surface area contributed by atoms with Crippen LogP contribution >= 0.6 is 11.3 Å². The smallest absolute Gasteiger partial charge is 0.259 e. The topological polar surface area (TPSA) is 74.8 Å². The summed E-state index contributed by atoms with van der Waals surface area (Å²) >= 11 is 1.54. The Morgan fingerprint density at radius 3 is 2.84 bits per heavy atom. The van der Waals surface area contributed by atoms with E-state index in [2.05, 4.69) is 15.3 Å². The minimum Gasteiger partial charge on any atom is -0.309 e. The second-order valence-corrected chi connectivity index (χ2v) is 7.19. The van der Waals surface area contributed by atoms with Gasteiger partial charge in [0.2, 0.25) is 0 Å².